The lowest BCUT2D eigenvalue weighted by Crippen LogP contribution is -2.11. The van der Waals surface area contributed by atoms with E-state index in [1.54, 1.807) is 6.07 Å². The van der Waals surface area contributed by atoms with Gasteiger partial charge in [-0.2, -0.15) is 0 Å². The summed E-state index contributed by atoms with van der Waals surface area (Å²) in [6.07, 6.45) is 0. The molecule has 0 aliphatic rings. The van der Waals surface area contributed by atoms with Crippen molar-refractivity contribution >= 4 is 11.4 Å². The summed E-state index contributed by atoms with van der Waals surface area (Å²) in [6, 6.07) is 4.28. The zero-order valence-electron chi connectivity index (χ0n) is 11.1. The molecule has 0 radical (unpaired) electrons. The number of nitrogens with zero attached hydrogens (tertiary/aromatic N) is 1. The number of nitro benzene ring substituents is 1. The molecule has 19 heavy (non-hydrogen) atoms. The number of nitrogens with one attached hydrogen (secondary N) is 1. The molecule has 0 heterocycles. The smallest absolute Gasteiger partial charge is 0.275 e. The van der Waals surface area contributed by atoms with Crippen LogP contribution in [0.4, 0.5) is 11.4 Å². The number of ether oxygens (including phenoxy) is 2. The average Bonchev–Trinajstić information content (AvgIpc) is 2.37. The first kappa shape index (κ1) is 15.2. The first-order chi connectivity index (χ1) is 9.02. The quantitative estimate of drug-likeness (QED) is 0.324. The SMILES string of the molecule is CC(C)COCCOc1cc(NN)cc([N+](=O)[O-])c1. The van der Waals surface area contributed by atoms with E-state index in [0.29, 0.717) is 37.2 Å². The monoisotopic (exact) mass is 269 g/mol. The molecule has 0 unspecified atom stereocenters. The van der Waals surface area contributed by atoms with Crippen LogP contribution in [0, 0.1) is 16.0 Å². The van der Waals surface area contributed by atoms with Gasteiger partial charge in [0.1, 0.15) is 12.4 Å². The van der Waals surface area contributed by atoms with Crippen LogP contribution in [-0.4, -0.2) is 24.7 Å². The Bertz CT molecular complexity index is 423. The van der Waals surface area contributed by atoms with Gasteiger partial charge < -0.3 is 14.9 Å². The number of non-ortho nitro benzene ring substituents is 1. The molecule has 7 heteroatoms. The number of hydrogen-bond donors (Lipinski definition) is 2. The number of hydrogen-bond acceptors (Lipinski definition) is 6. The lowest BCUT2D eigenvalue weighted by molar-refractivity contribution is -0.384. The van der Waals surface area contributed by atoms with Gasteiger partial charge in [0.2, 0.25) is 0 Å². The third-order valence-electron chi connectivity index (χ3n) is 2.22. The summed E-state index contributed by atoms with van der Waals surface area (Å²) in [4.78, 5) is 10.2. The second kappa shape index (κ2) is 7.55. The number of hydrazine groups is 1. The van der Waals surface area contributed by atoms with Gasteiger partial charge in [-0.3, -0.25) is 16.0 Å². The number of rotatable bonds is 8. The van der Waals surface area contributed by atoms with E-state index in [9.17, 15) is 10.1 Å². The molecule has 0 fully saturated rings. The maximum atomic E-state index is 10.7. The van der Waals surface area contributed by atoms with Gasteiger partial charge in [-0.05, 0) is 5.92 Å². The van der Waals surface area contributed by atoms with Crippen molar-refractivity contribution in [3.8, 4) is 5.75 Å². The van der Waals surface area contributed by atoms with Crippen LogP contribution in [-0.2, 0) is 4.74 Å². The summed E-state index contributed by atoms with van der Waals surface area (Å²) in [5.41, 5.74) is 2.71. The fourth-order valence-electron chi connectivity index (χ4n) is 1.39. The van der Waals surface area contributed by atoms with E-state index in [1.807, 2.05) is 0 Å². The molecule has 106 valence electrons. The molecule has 1 aromatic carbocycles. The van der Waals surface area contributed by atoms with Gasteiger partial charge >= 0.3 is 0 Å². The molecule has 0 atom stereocenters. The molecule has 0 aromatic heterocycles. The van der Waals surface area contributed by atoms with Gasteiger partial charge in [-0.25, -0.2) is 0 Å². The molecule has 1 aromatic rings. The molecule has 1 rings (SSSR count). The van der Waals surface area contributed by atoms with Crippen molar-refractivity contribution in [3.05, 3.63) is 28.3 Å². The molecule has 0 aliphatic carbocycles. The molecular formula is C12H19N3O4. The maximum Gasteiger partial charge on any atom is 0.275 e. The van der Waals surface area contributed by atoms with Crippen LogP contribution in [0.1, 0.15) is 13.8 Å². The van der Waals surface area contributed by atoms with E-state index in [-0.39, 0.29) is 5.69 Å². The van der Waals surface area contributed by atoms with Crippen LogP contribution in [0.25, 0.3) is 0 Å². The summed E-state index contributed by atoms with van der Waals surface area (Å²) in [6.45, 7) is 5.54. The van der Waals surface area contributed by atoms with E-state index >= 15 is 0 Å². The van der Waals surface area contributed by atoms with Crippen LogP contribution < -0.4 is 16.0 Å². The zero-order chi connectivity index (χ0) is 14.3. The predicted octanol–water partition coefficient (Wildman–Crippen LogP) is 1.93. The molecule has 3 N–H and O–H groups in total. The van der Waals surface area contributed by atoms with Crippen LogP contribution in [0.15, 0.2) is 18.2 Å². The highest BCUT2D eigenvalue weighted by Gasteiger charge is 2.10. The van der Waals surface area contributed by atoms with Gasteiger partial charge in [-0.15, -0.1) is 0 Å². The number of nitrogen functional groups attached to an aromatic ring is 1. The van der Waals surface area contributed by atoms with Gasteiger partial charge in [0.25, 0.3) is 5.69 Å². The third kappa shape index (κ3) is 5.54. The molecule has 0 saturated carbocycles. The first-order valence-electron chi connectivity index (χ1n) is 5.99. The number of nitro groups is 1. The van der Waals surface area contributed by atoms with Crippen LogP contribution in [0.3, 0.4) is 0 Å². The first-order valence-corrected chi connectivity index (χ1v) is 5.99. The minimum Gasteiger partial charge on any atom is -0.491 e. The van der Waals surface area contributed by atoms with Crippen molar-refractivity contribution in [2.45, 2.75) is 13.8 Å². The molecule has 0 spiro atoms. The summed E-state index contributed by atoms with van der Waals surface area (Å²) in [7, 11) is 0. The Morgan fingerprint density at radius 2 is 2.11 bits per heavy atom. The van der Waals surface area contributed by atoms with Crippen molar-refractivity contribution in [2.75, 3.05) is 25.2 Å². The number of anilines is 1. The highest BCUT2D eigenvalue weighted by atomic mass is 16.6. The fourth-order valence-corrected chi connectivity index (χ4v) is 1.39. The lowest BCUT2D eigenvalue weighted by atomic mass is 10.2. The molecule has 0 aliphatic heterocycles. The summed E-state index contributed by atoms with van der Waals surface area (Å²) < 4.78 is 10.7. The summed E-state index contributed by atoms with van der Waals surface area (Å²) >= 11 is 0. The van der Waals surface area contributed by atoms with Gasteiger partial charge in [0, 0.05) is 18.7 Å². The Morgan fingerprint density at radius 1 is 1.37 bits per heavy atom. The molecule has 0 bridgehead atoms. The van der Waals surface area contributed by atoms with Gasteiger partial charge in [-0.1, -0.05) is 13.8 Å². The number of benzene rings is 1. The highest BCUT2D eigenvalue weighted by molar-refractivity contribution is 5.55. The van der Waals surface area contributed by atoms with Crippen molar-refractivity contribution in [1.29, 1.82) is 0 Å². The lowest BCUT2D eigenvalue weighted by Gasteiger charge is -2.09. The number of nitrogens with two attached hydrogens (primary N) is 1. The minimum absolute atomic E-state index is 0.0754. The van der Waals surface area contributed by atoms with Gasteiger partial charge in [0.15, 0.2) is 0 Å². The van der Waals surface area contributed by atoms with E-state index in [0.717, 1.165) is 0 Å². The zero-order valence-corrected chi connectivity index (χ0v) is 11.1. The largest absolute Gasteiger partial charge is 0.491 e. The van der Waals surface area contributed by atoms with Crippen molar-refractivity contribution < 1.29 is 14.4 Å². The normalized spacial score (nSPS) is 10.5. The Kier molecular flexibility index (Phi) is 6.04. The van der Waals surface area contributed by atoms with Crippen LogP contribution in [0.2, 0.25) is 0 Å². The second-order valence-electron chi connectivity index (χ2n) is 4.43. The topological polar surface area (TPSA) is 99.7 Å². The van der Waals surface area contributed by atoms with Gasteiger partial charge in [0.05, 0.1) is 23.3 Å². The van der Waals surface area contributed by atoms with Crippen molar-refractivity contribution in [1.82, 2.24) is 0 Å². The van der Waals surface area contributed by atoms with Crippen molar-refractivity contribution in [3.63, 3.8) is 0 Å². The predicted molar refractivity (Wildman–Crippen MR) is 72.1 cm³/mol. The summed E-state index contributed by atoms with van der Waals surface area (Å²) in [5.74, 6) is 6.09. The van der Waals surface area contributed by atoms with E-state index in [2.05, 4.69) is 19.3 Å². The fraction of sp³-hybridized carbons (Fsp3) is 0.500. The van der Waals surface area contributed by atoms with Crippen molar-refractivity contribution in [2.24, 2.45) is 11.8 Å². The van der Waals surface area contributed by atoms with Crippen LogP contribution in [0.5, 0.6) is 5.75 Å². The Morgan fingerprint density at radius 3 is 2.68 bits per heavy atom. The molecule has 7 nitrogen and oxygen atoms in total. The molecular weight excluding hydrogens is 250 g/mol. The Balaban J connectivity index is 2.53. The average molecular weight is 269 g/mol. The Hall–Kier alpha value is -1.86. The van der Waals surface area contributed by atoms with E-state index in [1.165, 1.54) is 12.1 Å². The summed E-state index contributed by atoms with van der Waals surface area (Å²) in [5, 5.41) is 10.7. The second-order valence-corrected chi connectivity index (χ2v) is 4.43. The highest BCUT2D eigenvalue weighted by Crippen LogP contribution is 2.25. The van der Waals surface area contributed by atoms with Crippen LogP contribution >= 0.6 is 0 Å². The Labute approximate surface area is 111 Å². The standard InChI is InChI=1S/C12H19N3O4/c1-9(2)8-18-3-4-19-12-6-10(14-13)5-11(7-12)15(16)17/h5-7,9,14H,3-4,8,13H2,1-2H3. The van der Waals surface area contributed by atoms with E-state index < -0.39 is 4.92 Å². The van der Waals surface area contributed by atoms with E-state index in [4.69, 9.17) is 15.3 Å². The maximum absolute atomic E-state index is 10.7. The molecule has 0 amide bonds. The molecule has 0 saturated heterocycles. The minimum atomic E-state index is -0.497. The third-order valence-corrected chi connectivity index (χ3v) is 2.22.